The predicted octanol–water partition coefficient (Wildman–Crippen LogP) is 3.29. The minimum absolute atomic E-state index is 0.0593. The monoisotopic (exact) mass is 241 g/mol. The molecular formula is C15H31NO. The Kier molecular flexibility index (Phi) is 6.50. The molecule has 0 aromatic heterocycles. The number of aliphatic hydroxyl groups excluding tert-OH is 1. The molecule has 1 fully saturated rings. The van der Waals surface area contributed by atoms with Gasteiger partial charge in [-0.2, -0.15) is 0 Å². The third-order valence-electron chi connectivity index (χ3n) is 4.35. The molecule has 2 heteroatoms. The molecule has 0 aromatic rings. The maximum atomic E-state index is 10.2. The average Bonchev–Trinajstić information content (AvgIpc) is 2.29. The Hall–Kier alpha value is -0.0800. The highest BCUT2D eigenvalue weighted by Crippen LogP contribution is 2.32. The average molecular weight is 241 g/mol. The van der Waals surface area contributed by atoms with Gasteiger partial charge in [0.1, 0.15) is 0 Å². The van der Waals surface area contributed by atoms with Gasteiger partial charge in [0.25, 0.3) is 0 Å². The summed E-state index contributed by atoms with van der Waals surface area (Å²) in [5.74, 6) is 1.36. The summed E-state index contributed by atoms with van der Waals surface area (Å²) < 4.78 is 0. The molecule has 0 heterocycles. The van der Waals surface area contributed by atoms with Gasteiger partial charge in [-0.05, 0) is 51.5 Å². The van der Waals surface area contributed by atoms with Gasteiger partial charge < -0.3 is 10.0 Å². The number of nitrogens with zero attached hydrogens (tertiary/aromatic N) is 1. The van der Waals surface area contributed by atoms with Crippen LogP contribution < -0.4 is 0 Å². The van der Waals surface area contributed by atoms with Gasteiger partial charge in [0.15, 0.2) is 0 Å². The van der Waals surface area contributed by atoms with Crippen LogP contribution in [0.5, 0.6) is 0 Å². The molecule has 2 nitrogen and oxygen atoms in total. The number of aliphatic hydroxyl groups is 1. The summed E-state index contributed by atoms with van der Waals surface area (Å²) in [5, 5.41) is 10.2. The fourth-order valence-electron chi connectivity index (χ4n) is 3.22. The van der Waals surface area contributed by atoms with Crippen LogP contribution in [-0.4, -0.2) is 35.2 Å². The van der Waals surface area contributed by atoms with Crippen LogP contribution in [0.3, 0.4) is 0 Å². The molecule has 3 unspecified atom stereocenters. The number of hydrogen-bond acceptors (Lipinski definition) is 2. The first-order chi connectivity index (χ1) is 8.08. The Morgan fingerprint density at radius 1 is 1.24 bits per heavy atom. The molecule has 17 heavy (non-hydrogen) atoms. The fourth-order valence-corrected chi connectivity index (χ4v) is 3.22. The largest absolute Gasteiger partial charge is 0.393 e. The molecule has 0 amide bonds. The van der Waals surface area contributed by atoms with E-state index in [1.807, 2.05) is 0 Å². The highest BCUT2D eigenvalue weighted by atomic mass is 16.3. The van der Waals surface area contributed by atoms with E-state index in [0.29, 0.717) is 12.0 Å². The second-order valence-corrected chi connectivity index (χ2v) is 5.98. The lowest BCUT2D eigenvalue weighted by molar-refractivity contribution is 0.0212. The summed E-state index contributed by atoms with van der Waals surface area (Å²) >= 11 is 0. The maximum Gasteiger partial charge on any atom is 0.0580 e. The van der Waals surface area contributed by atoms with Crippen molar-refractivity contribution in [2.75, 3.05) is 13.1 Å². The fraction of sp³-hybridized carbons (Fsp3) is 1.00. The van der Waals surface area contributed by atoms with Crippen molar-refractivity contribution >= 4 is 0 Å². The van der Waals surface area contributed by atoms with Crippen LogP contribution in [0.25, 0.3) is 0 Å². The van der Waals surface area contributed by atoms with Crippen molar-refractivity contribution in [3.63, 3.8) is 0 Å². The predicted molar refractivity (Wildman–Crippen MR) is 74.1 cm³/mol. The van der Waals surface area contributed by atoms with Gasteiger partial charge in [-0.3, -0.25) is 0 Å². The van der Waals surface area contributed by atoms with Gasteiger partial charge in [-0.1, -0.05) is 26.7 Å². The van der Waals surface area contributed by atoms with Crippen molar-refractivity contribution in [2.45, 2.75) is 71.9 Å². The lowest BCUT2D eigenvalue weighted by atomic mass is 9.77. The first kappa shape index (κ1) is 15.0. The molecule has 0 bridgehead atoms. The maximum absolute atomic E-state index is 10.2. The summed E-state index contributed by atoms with van der Waals surface area (Å²) in [6, 6.07) is 0.596. The standard InChI is InChI=1S/C15H31NO/c1-5-7-13-8-9-15(17)14(10-13)11-16(6-2)12(3)4/h12-15,17H,5-11H2,1-4H3. The van der Waals surface area contributed by atoms with E-state index in [4.69, 9.17) is 0 Å². The summed E-state index contributed by atoms with van der Waals surface area (Å²) in [6.07, 6.45) is 6.06. The molecule has 0 spiro atoms. The smallest absolute Gasteiger partial charge is 0.0580 e. The zero-order chi connectivity index (χ0) is 12.8. The third kappa shape index (κ3) is 4.59. The van der Waals surface area contributed by atoms with Gasteiger partial charge in [0.05, 0.1) is 6.10 Å². The Labute approximate surface area is 107 Å². The highest BCUT2D eigenvalue weighted by molar-refractivity contribution is 4.82. The second-order valence-electron chi connectivity index (χ2n) is 5.98. The number of hydrogen-bond donors (Lipinski definition) is 1. The minimum atomic E-state index is -0.0593. The quantitative estimate of drug-likeness (QED) is 0.771. The molecule has 1 aliphatic carbocycles. The third-order valence-corrected chi connectivity index (χ3v) is 4.35. The Morgan fingerprint density at radius 3 is 2.47 bits per heavy atom. The molecule has 1 aliphatic rings. The zero-order valence-corrected chi connectivity index (χ0v) is 12.2. The van der Waals surface area contributed by atoms with E-state index in [2.05, 4.69) is 32.6 Å². The molecule has 1 rings (SSSR count). The van der Waals surface area contributed by atoms with Gasteiger partial charge >= 0.3 is 0 Å². The number of rotatable bonds is 6. The lowest BCUT2D eigenvalue weighted by Gasteiger charge is -2.37. The molecule has 1 saturated carbocycles. The molecule has 0 saturated heterocycles. The highest BCUT2D eigenvalue weighted by Gasteiger charge is 2.30. The van der Waals surface area contributed by atoms with Gasteiger partial charge in [-0.15, -0.1) is 0 Å². The Bertz CT molecular complexity index is 205. The molecule has 0 aliphatic heterocycles. The first-order valence-corrected chi connectivity index (χ1v) is 7.50. The topological polar surface area (TPSA) is 23.5 Å². The normalized spacial score (nSPS) is 30.2. The minimum Gasteiger partial charge on any atom is -0.393 e. The van der Waals surface area contributed by atoms with Crippen LogP contribution in [0.2, 0.25) is 0 Å². The van der Waals surface area contributed by atoms with E-state index in [9.17, 15) is 5.11 Å². The van der Waals surface area contributed by atoms with E-state index in [0.717, 1.165) is 25.4 Å². The van der Waals surface area contributed by atoms with E-state index in [-0.39, 0.29) is 6.10 Å². The molecule has 0 radical (unpaired) electrons. The van der Waals surface area contributed by atoms with Gasteiger partial charge in [0.2, 0.25) is 0 Å². The van der Waals surface area contributed by atoms with E-state index >= 15 is 0 Å². The van der Waals surface area contributed by atoms with Crippen LogP contribution >= 0.6 is 0 Å². The van der Waals surface area contributed by atoms with Gasteiger partial charge in [0, 0.05) is 12.6 Å². The van der Waals surface area contributed by atoms with Crippen molar-refractivity contribution < 1.29 is 5.11 Å². The SMILES string of the molecule is CCCC1CCC(O)C(CN(CC)C(C)C)C1. The summed E-state index contributed by atoms with van der Waals surface area (Å²) in [6.45, 7) is 11.2. The molecule has 102 valence electrons. The van der Waals surface area contributed by atoms with Crippen molar-refractivity contribution in [2.24, 2.45) is 11.8 Å². The van der Waals surface area contributed by atoms with Crippen LogP contribution in [-0.2, 0) is 0 Å². The molecule has 1 N–H and O–H groups in total. The van der Waals surface area contributed by atoms with Crippen molar-refractivity contribution in [1.82, 2.24) is 4.90 Å². The van der Waals surface area contributed by atoms with E-state index < -0.39 is 0 Å². The summed E-state index contributed by atoms with van der Waals surface area (Å²) in [4.78, 5) is 2.49. The van der Waals surface area contributed by atoms with E-state index in [1.54, 1.807) is 0 Å². The molecule has 0 aromatic carbocycles. The summed E-state index contributed by atoms with van der Waals surface area (Å²) in [7, 11) is 0. The van der Waals surface area contributed by atoms with Crippen molar-refractivity contribution in [3.05, 3.63) is 0 Å². The second kappa shape index (κ2) is 7.38. The van der Waals surface area contributed by atoms with Crippen LogP contribution in [0, 0.1) is 11.8 Å². The van der Waals surface area contributed by atoms with Crippen molar-refractivity contribution in [1.29, 1.82) is 0 Å². The zero-order valence-electron chi connectivity index (χ0n) is 12.2. The Morgan fingerprint density at radius 2 is 1.94 bits per heavy atom. The molecule has 3 atom stereocenters. The lowest BCUT2D eigenvalue weighted by Crippen LogP contribution is -2.41. The van der Waals surface area contributed by atoms with Crippen LogP contribution in [0.1, 0.15) is 59.8 Å². The van der Waals surface area contributed by atoms with Crippen LogP contribution in [0.15, 0.2) is 0 Å². The van der Waals surface area contributed by atoms with Gasteiger partial charge in [-0.25, -0.2) is 0 Å². The molecular weight excluding hydrogens is 210 g/mol. The van der Waals surface area contributed by atoms with E-state index in [1.165, 1.54) is 25.7 Å². The van der Waals surface area contributed by atoms with Crippen LogP contribution in [0.4, 0.5) is 0 Å². The van der Waals surface area contributed by atoms with Crippen molar-refractivity contribution in [3.8, 4) is 0 Å². The Balaban J connectivity index is 2.48. The summed E-state index contributed by atoms with van der Waals surface area (Å²) in [5.41, 5.74) is 0. The first-order valence-electron chi connectivity index (χ1n) is 7.50.